The van der Waals surface area contributed by atoms with Gasteiger partial charge in [-0.1, -0.05) is 24.3 Å². The monoisotopic (exact) mass is 338 g/mol. The molecular weight excluding hydrogens is 320 g/mol. The van der Waals surface area contributed by atoms with Gasteiger partial charge in [0.1, 0.15) is 5.60 Å². The third-order valence-electron chi connectivity index (χ3n) is 3.76. The zero-order valence-corrected chi connectivity index (χ0v) is 14.1. The van der Waals surface area contributed by atoms with Gasteiger partial charge in [-0.05, 0) is 42.1 Å². The van der Waals surface area contributed by atoms with Gasteiger partial charge in [0.25, 0.3) is 0 Å². The number of pyridine rings is 1. The molecule has 24 heavy (non-hydrogen) atoms. The minimum absolute atomic E-state index is 0.160. The Kier molecular flexibility index (Phi) is 4.74. The van der Waals surface area contributed by atoms with E-state index >= 15 is 0 Å². The second-order valence-electron chi connectivity index (χ2n) is 5.72. The topological polar surface area (TPSA) is 62.2 Å². The lowest BCUT2D eigenvalue weighted by Crippen LogP contribution is -2.37. The fraction of sp³-hybridized carbons (Fsp3) is 0.158. The van der Waals surface area contributed by atoms with E-state index in [2.05, 4.69) is 10.3 Å². The second kappa shape index (κ2) is 6.95. The van der Waals surface area contributed by atoms with Crippen LogP contribution in [0.4, 0.5) is 0 Å². The number of carbonyl (C=O) groups excluding carboxylic acids is 1. The second-order valence-corrected chi connectivity index (χ2v) is 6.67. The number of hydrogen-bond donors (Lipinski definition) is 2. The van der Waals surface area contributed by atoms with Gasteiger partial charge >= 0.3 is 0 Å². The molecule has 1 amide bonds. The Morgan fingerprint density at radius 3 is 2.92 bits per heavy atom. The van der Waals surface area contributed by atoms with Gasteiger partial charge in [0.05, 0.1) is 12.1 Å². The SMILES string of the molecule is CC(O)(CNC(=O)C=Cc1ccnc2ccccc12)c1cccs1. The predicted molar refractivity (Wildman–Crippen MR) is 97.7 cm³/mol. The average molecular weight is 338 g/mol. The highest BCUT2D eigenvalue weighted by atomic mass is 32.1. The normalized spacial score (nSPS) is 13.9. The first-order valence-electron chi connectivity index (χ1n) is 7.62. The molecule has 0 saturated carbocycles. The van der Waals surface area contributed by atoms with Crippen molar-refractivity contribution in [1.29, 1.82) is 0 Å². The Labute approximate surface area is 144 Å². The molecule has 0 fully saturated rings. The number of para-hydroxylation sites is 1. The number of rotatable bonds is 5. The van der Waals surface area contributed by atoms with E-state index in [9.17, 15) is 9.90 Å². The van der Waals surface area contributed by atoms with Gasteiger partial charge in [0, 0.05) is 22.5 Å². The quantitative estimate of drug-likeness (QED) is 0.702. The maximum absolute atomic E-state index is 12.0. The molecule has 0 spiro atoms. The smallest absolute Gasteiger partial charge is 0.244 e. The van der Waals surface area contributed by atoms with Gasteiger partial charge in [-0.3, -0.25) is 9.78 Å². The van der Waals surface area contributed by atoms with Crippen molar-refractivity contribution in [2.24, 2.45) is 0 Å². The number of nitrogens with one attached hydrogen (secondary N) is 1. The van der Waals surface area contributed by atoms with Crippen LogP contribution in [0.1, 0.15) is 17.4 Å². The first kappa shape index (κ1) is 16.4. The number of benzene rings is 1. The van der Waals surface area contributed by atoms with Crippen molar-refractivity contribution in [3.8, 4) is 0 Å². The minimum atomic E-state index is -1.07. The molecule has 1 aromatic carbocycles. The molecular formula is C19H18N2O2S. The molecule has 1 atom stereocenters. The molecule has 0 bridgehead atoms. The summed E-state index contributed by atoms with van der Waals surface area (Å²) in [6.07, 6.45) is 4.97. The van der Waals surface area contributed by atoms with E-state index in [0.717, 1.165) is 21.3 Å². The van der Waals surface area contributed by atoms with E-state index in [4.69, 9.17) is 0 Å². The largest absolute Gasteiger partial charge is 0.383 e. The maximum atomic E-state index is 12.0. The van der Waals surface area contributed by atoms with Gasteiger partial charge < -0.3 is 10.4 Å². The van der Waals surface area contributed by atoms with Crippen LogP contribution >= 0.6 is 11.3 Å². The fourth-order valence-electron chi connectivity index (χ4n) is 2.42. The third kappa shape index (κ3) is 3.69. The van der Waals surface area contributed by atoms with Crippen LogP contribution in [0.5, 0.6) is 0 Å². The molecule has 4 nitrogen and oxygen atoms in total. The van der Waals surface area contributed by atoms with Gasteiger partial charge in [-0.15, -0.1) is 11.3 Å². The molecule has 0 aliphatic rings. The number of hydrogen-bond acceptors (Lipinski definition) is 4. The number of aromatic nitrogens is 1. The highest BCUT2D eigenvalue weighted by Crippen LogP contribution is 2.24. The van der Waals surface area contributed by atoms with E-state index in [-0.39, 0.29) is 12.5 Å². The number of amides is 1. The van der Waals surface area contributed by atoms with Crippen LogP contribution < -0.4 is 5.32 Å². The lowest BCUT2D eigenvalue weighted by Gasteiger charge is -2.21. The van der Waals surface area contributed by atoms with Gasteiger partial charge in [-0.25, -0.2) is 0 Å². The molecule has 3 rings (SSSR count). The Morgan fingerprint density at radius 1 is 1.29 bits per heavy atom. The van der Waals surface area contributed by atoms with Crippen molar-refractivity contribution in [1.82, 2.24) is 10.3 Å². The van der Waals surface area contributed by atoms with E-state index in [1.54, 1.807) is 19.2 Å². The standard InChI is InChI=1S/C19H18N2O2S/c1-19(23,17-7-4-12-24-17)13-21-18(22)9-8-14-10-11-20-16-6-3-2-5-15(14)16/h2-12,23H,13H2,1H3,(H,21,22). The Bertz CT molecular complexity index is 865. The number of nitrogens with zero attached hydrogens (tertiary/aromatic N) is 1. The number of thiophene rings is 1. The highest BCUT2D eigenvalue weighted by molar-refractivity contribution is 7.10. The van der Waals surface area contributed by atoms with Crippen LogP contribution in [0.2, 0.25) is 0 Å². The summed E-state index contributed by atoms with van der Waals surface area (Å²) in [5.74, 6) is -0.243. The summed E-state index contributed by atoms with van der Waals surface area (Å²) in [5, 5.41) is 16.1. The Balaban J connectivity index is 1.67. The average Bonchev–Trinajstić information content (AvgIpc) is 3.14. The van der Waals surface area contributed by atoms with Crippen LogP contribution in [0.3, 0.4) is 0 Å². The summed E-state index contributed by atoms with van der Waals surface area (Å²) in [6, 6.07) is 13.4. The van der Waals surface area contributed by atoms with Crippen molar-refractivity contribution in [2.45, 2.75) is 12.5 Å². The summed E-state index contributed by atoms with van der Waals surface area (Å²) < 4.78 is 0. The molecule has 2 aromatic heterocycles. The van der Waals surface area contributed by atoms with Crippen molar-refractivity contribution in [2.75, 3.05) is 6.54 Å². The maximum Gasteiger partial charge on any atom is 0.244 e. The van der Waals surface area contributed by atoms with Crippen LogP contribution in [0.15, 0.2) is 60.1 Å². The van der Waals surface area contributed by atoms with Crippen LogP contribution in [0, 0.1) is 0 Å². The van der Waals surface area contributed by atoms with E-state index in [0.29, 0.717) is 0 Å². The lowest BCUT2D eigenvalue weighted by molar-refractivity contribution is -0.117. The molecule has 122 valence electrons. The Hall–Kier alpha value is -2.50. The molecule has 2 N–H and O–H groups in total. The minimum Gasteiger partial charge on any atom is -0.383 e. The van der Waals surface area contributed by atoms with E-state index in [1.807, 2.05) is 47.8 Å². The molecule has 0 saturated heterocycles. The molecule has 2 heterocycles. The van der Waals surface area contributed by atoms with Crippen LogP contribution in [-0.2, 0) is 10.4 Å². The Morgan fingerprint density at radius 2 is 2.12 bits per heavy atom. The number of carbonyl (C=O) groups is 1. The van der Waals surface area contributed by atoms with Crippen molar-refractivity contribution in [3.63, 3.8) is 0 Å². The van der Waals surface area contributed by atoms with Gasteiger partial charge in [0.2, 0.25) is 5.91 Å². The zero-order valence-electron chi connectivity index (χ0n) is 13.3. The van der Waals surface area contributed by atoms with Crippen molar-refractivity contribution in [3.05, 3.63) is 70.6 Å². The molecule has 1 unspecified atom stereocenters. The number of aliphatic hydroxyl groups is 1. The van der Waals surface area contributed by atoms with Gasteiger partial charge in [-0.2, -0.15) is 0 Å². The van der Waals surface area contributed by atoms with Crippen LogP contribution in [0.25, 0.3) is 17.0 Å². The molecule has 5 heteroatoms. The summed E-state index contributed by atoms with van der Waals surface area (Å²) in [5.41, 5.74) is 0.752. The summed E-state index contributed by atoms with van der Waals surface area (Å²) in [6.45, 7) is 1.85. The molecule has 0 radical (unpaired) electrons. The summed E-state index contributed by atoms with van der Waals surface area (Å²) in [7, 11) is 0. The highest BCUT2D eigenvalue weighted by Gasteiger charge is 2.24. The van der Waals surface area contributed by atoms with E-state index in [1.165, 1.54) is 17.4 Å². The first-order valence-corrected chi connectivity index (χ1v) is 8.50. The molecule has 0 aliphatic carbocycles. The van der Waals surface area contributed by atoms with Gasteiger partial charge in [0.15, 0.2) is 0 Å². The van der Waals surface area contributed by atoms with E-state index < -0.39 is 5.60 Å². The van der Waals surface area contributed by atoms with Crippen molar-refractivity contribution < 1.29 is 9.90 Å². The fourth-order valence-corrected chi connectivity index (χ4v) is 3.21. The zero-order chi connectivity index (χ0) is 17.0. The van der Waals surface area contributed by atoms with Crippen molar-refractivity contribution >= 4 is 34.2 Å². The lowest BCUT2D eigenvalue weighted by atomic mass is 10.1. The molecule has 0 aliphatic heterocycles. The first-order chi connectivity index (χ1) is 11.6. The van der Waals surface area contributed by atoms with Crippen LogP contribution in [-0.4, -0.2) is 22.5 Å². The summed E-state index contributed by atoms with van der Waals surface area (Å²) >= 11 is 1.47. The third-order valence-corrected chi connectivity index (χ3v) is 4.88. The predicted octanol–water partition coefficient (Wildman–Crippen LogP) is 3.33. The summed E-state index contributed by atoms with van der Waals surface area (Å²) in [4.78, 5) is 17.2. The molecule has 3 aromatic rings. The number of fused-ring (bicyclic) bond motifs is 1.